The fourth-order valence-corrected chi connectivity index (χ4v) is 1.77. The summed E-state index contributed by atoms with van der Waals surface area (Å²) in [6, 6.07) is 8.31. The summed E-state index contributed by atoms with van der Waals surface area (Å²) in [7, 11) is 0. The van der Waals surface area contributed by atoms with Gasteiger partial charge in [0.15, 0.2) is 0 Å². The van der Waals surface area contributed by atoms with Crippen LogP contribution in [-0.2, 0) is 0 Å². The molecule has 0 bridgehead atoms. The molecule has 4 heteroatoms. The highest BCUT2D eigenvalue weighted by molar-refractivity contribution is 5.30. The van der Waals surface area contributed by atoms with E-state index in [0.29, 0.717) is 5.56 Å². The molecule has 3 atom stereocenters. The van der Waals surface area contributed by atoms with Gasteiger partial charge in [0.05, 0.1) is 12.0 Å². The van der Waals surface area contributed by atoms with Gasteiger partial charge in [0.25, 0.3) is 0 Å². The summed E-state index contributed by atoms with van der Waals surface area (Å²) in [5.41, 5.74) is 0.558. The third-order valence-corrected chi connectivity index (χ3v) is 2.54. The number of hydrogen-bond acceptors (Lipinski definition) is 1. The van der Waals surface area contributed by atoms with E-state index in [4.69, 9.17) is 5.11 Å². The van der Waals surface area contributed by atoms with Crippen molar-refractivity contribution in [1.82, 2.24) is 0 Å². The van der Waals surface area contributed by atoms with E-state index in [1.807, 2.05) is 0 Å². The summed E-state index contributed by atoms with van der Waals surface area (Å²) < 4.78 is 36.8. The minimum atomic E-state index is -4.29. The first kappa shape index (κ1) is 9.52. The minimum absolute atomic E-state index is 0.558. The van der Waals surface area contributed by atoms with E-state index in [9.17, 15) is 13.2 Å². The van der Waals surface area contributed by atoms with Crippen molar-refractivity contribution in [2.75, 3.05) is 0 Å². The summed E-state index contributed by atoms with van der Waals surface area (Å²) in [6.07, 6.45) is -5.56. The van der Waals surface area contributed by atoms with Crippen molar-refractivity contribution in [3.05, 3.63) is 35.9 Å². The molecule has 0 aliphatic heterocycles. The Bertz CT molecular complexity index is 320. The van der Waals surface area contributed by atoms with Crippen LogP contribution in [0.2, 0.25) is 0 Å². The third kappa shape index (κ3) is 1.50. The Hall–Kier alpha value is -1.03. The van der Waals surface area contributed by atoms with Crippen LogP contribution in [-0.4, -0.2) is 17.4 Å². The van der Waals surface area contributed by atoms with Crippen LogP contribution in [0.1, 0.15) is 11.5 Å². The van der Waals surface area contributed by atoms with Gasteiger partial charge in [-0.05, 0) is 5.56 Å². The molecule has 1 aliphatic rings. The lowest BCUT2D eigenvalue weighted by Crippen LogP contribution is -2.13. The van der Waals surface area contributed by atoms with Gasteiger partial charge in [0, 0.05) is 5.92 Å². The molecule has 1 aliphatic carbocycles. The second kappa shape index (κ2) is 2.98. The van der Waals surface area contributed by atoms with E-state index < -0.39 is 24.1 Å². The predicted molar refractivity (Wildman–Crippen MR) is 44.7 cm³/mol. The third-order valence-electron chi connectivity index (χ3n) is 2.54. The summed E-state index contributed by atoms with van der Waals surface area (Å²) >= 11 is 0. The van der Waals surface area contributed by atoms with Gasteiger partial charge in [-0.25, -0.2) is 0 Å². The standard InChI is InChI=1S/C10H9F3O/c11-10(12,13)8-7(9(8)14)6-4-2-1-3-5-6/h1-5,7-9,14H/t7-,8+,9+/m1/s1. The van der Waals surface area contributed by atoms with Crippen molar-refractivity contribution in [3.8, 4) is 0 Å². The van der Waals surface area contributed by atoms with Gasteiger partial charge >= 0.3 is 6.18 Å². The van der Waals surface area contributed by atoms with Gasteiger partial charge in [0.2, 0.25) is 0 Å². The van der Waals surface area contributed by atoms with Crippen LogP contribution in [0.25, 0.3) is 0 Å². The Morgan fingerprint density at radius 3 is 2.07 bits per heavy atom. The quantitative estimate of drug-likeness (QED) is 0.741. The van der Waals surface area contributed by atoms with Gasteiger partial charge in [-0.2, -0.15) is 13.2 Å². The highest BCUT2D eigenvalue weighted by Gasteiger charge is 2.64. The van der Waals surface area contributed by atoms with Crippen LogP contribution in [0.3, 0.4) is 0 Å². The number of rotatable bonds is 1. The maximum Gasteiger partial charge on any atom is 0.394 e. The molecular formula is C10H9F3O. The molecule has 14 heavy (non-hydrogen) atoms. The molecule has 0 heterocycles. The zero-order chi connectivity index (χ0) is 10.3. The first-order valence-electron chi connectivity index (χ1n) is 4.31. The average molecular weight is 202 g/mol. The normalized spacial score (nSPS) is 31.6. The fraction of sp³-hybridized carbons (Fsp3) is 0.400. The van der Waals surface area contributed by atoms with Crippen LogP contribution < -0.4 is 0 Å². The molecule has 1 N–H and O–H groups in total. The van der Waals surface area contributed by atoms with Gasteiger partial charge in [0.1, 0.15) is 0 Å². The smallest absolute Gasteiger partial charge is 0.392 e. The first-order chi connectivity index (χ1) is 6.52. The molecule has 2 rings (SSSR count). The number of alkyl halides is 3. The lowest BCUT2D eigenvalue weighted by Gasteiger charge is -2.03. The fourth-order valence-electron chi connectivity index (χ4n) is 1.77. The Morgan fingerprint density at radius 2 is 1.64 bits per heavy atom. The van der Waals surface area contributed by atoms with Crippen molar-refractivity contribution in [2.45, 2.75) is 18.2 Å². The second-order valence-corrected chi connectivity index (χ2v) is 3.49. The molecule has 76 valence electrons. The summed E-state index contributed by atoms with van der Waals surface area (Å²) in [5, 5.41) is 9.16. The maximum absolute atomic E-state index is 12.3. The monoisotopic (exact) mass is 202 g/mol. The van der Waals surface area contributed by atoms with E-state index in [1.165, 1.54) is 0 Å². The molecule has 1 fully saturated rings. The highest BCUT2D eigenvalue weighted by Crippen LogP contribution is 2.55. The van der Waals surface area contributed by atoms with E-state index in [-0.39, 0.29) is 0 Å². The lowest BCUT2D eigenvalue weighted by molar-refractivity contribution is -0.155. The molecule has 1 saturated carbocycles. The zero-order valence-electron chi connectivity index (χ0n) is 7.20. The lowest BCUT2D eigenvalue weighted by atomic mass is 10.1. The zero-order valence-corrected chi connectivity index (χ0v) is 7.20. The number of benzene rings is 1. The van der Waals surface area contributed by atoms with Crippen molar-refractivity contribution in [1.29, 1.82) is 0 Å². The van der Waals surface area contributed by atoms with Crippen molar-refractivity contribution in [3.63, 3.8) is 0 Å². The topological polar surface area (TPSA) is 20.2 Å². The van der Waals surface area contributed by atoms with Crippen LogP contribution in [0.5, 0.6) is 0 Å². The largest absolute Gasteiger partial charge is 0.394 e. The van der Waals surface area contributed by atoms with Crippen molar-refractivity contribution in [2.24, 2.45) is 5.92 Å². The number of halogens is 3. The second-order valence-electron chi connectivity index (χ2n) is 3.49. The van der Waals surface area contributed by atoms with E-state index in [0.717, 1.165) is 0 Å². The van der Waals surface area contributed by atoms with Crippen LogP contribution in [0.4, 0.5) is 13.2 Å². The Morgan fingerprint density at radius 1 is 1.07 bits per heavy atom. The van der Waals surface area contributed by atoms with E-state index in [1.54, 1.807) is 30.3 Å². The Labute approximate surface area is 79.2 Å². The summed E-state index contributed by atoms with van der Waals surface area (Å²) in [6.45, 7) is 0. The molecule has 0 radical (unpaired) electrons. The SMILES string of the molecule is O[C@H]1[C@H](c2ccccc2)[C@@H]1C(F)(F)F. The maximum atomic E-state index is 12.3. The van der Waals surface area contributed by atoms with Crippen molar-refractivity contribution >= 4 is 0 Å². The highest BCUT2D eigenvalue weighted by atomic mass is 19.4. The minimum Gasteiger partial charge on any atom is -0.392 e. The molecule has 0 aromatic heterocycles. The number of hydrogen-bond donors (Lipinski definition) is 1. The molecule has 1 aromatic rings. The molecular weight excluding hydrogens is 193 g/mol. The van der Waals surface area contributed by atoms with Crippen LogP contribution in [0, 0.1) is 5.92 Å². The molecule has 0 amide bonds. The van der Waals surface area contributed by atoms with Gasteiger partial charge in [-0.15, -0.1) is 0 Å². The van der Waals surface area contributed by atoms with Gasteiger partial charge in [-0.1, -0.05) is 30.3 Å². The molecule has 0 saturated heterocycles. The molecule has 1 aromatic carbocycles. The van der Waals surface area contributed by atoms with E-state index >= 15 is 0 Å². The van der Waals surface area contributed by atoms with Crippen LogP contribution in [0.15, 0.2) is 30.3 Å². The Balaban J connectivity index is 2.18. The first-order valence-corrected chi connectivity index (χ1v) is 4.31. The summed E-state index contributed by atoms with van der Waals surface area (Å²) in [4.78, 5) is 0. The Kier molecular flexibility index (Phi) is 2.03. The van der Waals surface area contributed by atoms with Crippen LogP contribution >= 0.6 is 0 Å². The number of aliphatic hydroxyl groups is 1. The van der Waals surface area contributed by atoms with E-state index in [2.05, 4.69) is 0 Å². The predicted octanol–water partition coefficient (Wildman–Crippen LogP) is 2.32. The van der Waals surface area contributed by atoms with Crippen molar-refractivity contribution < 1.29 is 18.3 Å². The average Bonchev–Trinajstić information content (AvgIpc) is 2.78. The molecule has 0 unspecified atom stereocenters. The number of aliphatic hydroxyl groups excluding tert-OH is 1. The summed E-state index contributed by atoms with van der Waals surface area (Å²) in [5.74, 6) is -2.35. The molecule has 1 nitrogen and oxygen atoms in total. The van der Waals surface area contributed by atoms with Gasteiger partial charge < -0.3 is 5.11 Å². The molecule has 0 spiro atoms. The van der Waals surface area contributed by atoms with Gasteiger partial charge in [-0.3, -0.25) is 0 Å².